The summed E-state index contributed by atoms with van der Waals surface area (Å²) < 4.78 is 10.8. The van der Waals surface area contributed by atoms with Crippen molar-refractivity contribution in [2.45, 2.75) is 19.8 Å². The van der Waals surface area contributed by atoms with E-state index in [1.165, 1.54) is 0 Å². The Hall–Kier alpha value is -1.03. The average Bonchev–Trinajstić information content (AvgIpc) is 2.70. The van der Waals surface area contributed by atoms with Crippen LogP contribution in [0.3, 0.4) is 0 Å². The second-order valence-electron chi connectivity index (χ2n) is 3.57. The molecule has 0 aliphatic carbocycles. The van der Waals surface area contributed by atoms with Crippen LogP contribution in [0.5, 0.6) is 5.75 Å². The Kier molecular flexibility index (Phi) is 3.83. The number of aryl methyl sites for hydroxylation is 1. The molecule has 0 fully saturated rings. The third kappa shape index (κ3) is 2.38. The highest BCUT2D eigenvalue weighted by molar-refractivity contribution is 9.09. The molecule has 3 nitrogen and oxygen atoms in total. The minimum Gasteiger partial charge on any atom is -0.494 e. The first-order valence-electron chi connectivity index (χ1n) is 5.42. The molecule has 0 N–H and O–H groups in total. The van der Waals surface area contributed by atoms with Crippen LogP contribution in [0.2, 0.25) is 0 Å². The predicted molar refractivity (Wildman–Crippen MR) is 67.3 cm³/mol. The van der Waals surface area contributed by atoms with Crippen molar-refractivity contribution in [1.29, 1.82) is 0 Å². The quantitative estimate of drug-likeness (QED) is 0.787. The van der Waals surface area contributed by atoms with Crippen molar-refractivity contribution in [3.05, 3.63) is 23.9 Å². The normalized spacial score (nSPS) is 10.9. The van der Waals surface area contributed by atoms with Crippen molar-refractivity contribution in [3.63, 3.8) is 0 Å². The Bertz CT molecular complexity index is 467. The summed E-state index contributed by atoms with van der Waals surface area (Å²) in [6.45, 7) is 2.83. The zero-order chi connectivity index (χ0) is 11.4. The van der Waals surface area contributed by atoms with Crippen LogP contribution in [-0.2, 0) is 6.42 Å². The summed E-state index contributed by atoms with van der Waals surface area (Å²) in [6.07, 6.45) is 1.88. The summed E-state index contributed by atoms with van der Waals surface area (Å²) in [7, 11) is 0. The monoisotopic (exact) mass is 283 g/mol. The molecule has 86 valence electrons. The van der Waals surface area contributed by atoms with Crippen LogP contribution in [0.15, 0.2) is 22.7 Å². The molecule has 2 rings (SSSR count). The molecule has 1 heterocycles. The first-order chi connectivity index (χ1) is 7.85. The van der Waals surface area contributed by atoms with Gasteiger partial charge in [0.2, 0.25) is 0 Å². The van der Waals surface area contributed by atoms with E-state index in [1.807, 2.05) is 18.2 Å². The molecule has 0 bridgehead atoms. The highest BCUT2D eigenvalue weighted by Crippen LogP contribution is 2.24. The molecule has 0 unspecified atom stereocenters. The maximum absolute atomic E-state index is 5.58. The van der Waals surface area contributed by atoms with Gasteiger partial charge in [-0.1, -0.05) is 28.0 Å². The van der Waals surface area contributed by atoms with Crippen LogP contribution < -0.4 is 4.74 Å². The Labute approximate surface area is 103 Å². The third-order valence-electron chi connectivity index (χ3n) is 2.32. The van der Waals surface area contributed by atoms with Crippen molar-refractivity contribution in [3.8, 4) is 5.75 Å². The van der Waals surface area contributed by atoms with Crippen LogP contribution in [0.25, 0.3) is 11.0 Å². The van der Waals surface area contributed by atoms with Crippen LogP contribution in [0, 0.1) is 0 Å². The Balaban J connectivity index is 2.30. The smallest absolute Gasteiger partial charge is 0.167 e. The Morgan fingerprint density at radius 1 is 1.44 bits per heavy atom. The molecular formula is C12H14BrNO2. The number of alkyl halides is 1. The molecule has 0 atom stereocenters. The van der Waals surface area contributed by atoms with E-state index in [2.05, 4.69) is 28.0 Å². The topological polar surface area (TPSA) is 35.3 Å². The molecule has 16 heavy (non-hydrogen) atoms. The summed E-state index contributed by atoms with van der Waals surface area (Å²) in [5.41, 5.74) is 1.80. The Morgan fingerprint density at radius 3 is 3.06 bits per heavy atom. The van der Waals surface area contributed by atoms with Gasteiger partial charge in [0, 0.05) is 17.1 Å². The lowest BCUT2D eigenvalue weighted by Gasteiger charge is -2.03. The fourth-order valence-corrected chi connectivity index (χ4v) is 1.92. The molecular weight excluding hydrogens is 270 g/mol. The van der Waals surface area contributed by atoms with Crippen LogP contribution >= 0.6 is 15.9 Å². The van der Waals surface area contributed by atoms with E-state index in [4.69, 9.17) is 9.26 Å². The first kappa shape index (κ1) is 11.5. The lowest BCUT2D eigenvalue weighted by atomic mass is 10.2. The molecule has 4 heteroatoms. The molecule has 0 saturated carbocycles. The molecule has 0 saturated heterocycles. The molecule has 2 aromatic rings. The summed E-state index contributed by atoms with van der Waals surface area (Å²) in [5.74, 6) is 0.883. The van der Waals surface area contributed by atoms with Crippen molar-refractivity contribution in [1.82, 2.24) is 5.16 Å². The van der Waals surface area contributed by atoms with Gasteiger partial charge in [0.25, 0.3) is 0 Å². The second-order valence-corrected chi connectivity index (χ2v) is 4.37. The SMILES string of the molecule is CCCOc1ccc2onc(CCBr)c2c1. The fraction of sp³-hybridized carbons (Fsp3) is 0.417. The number of fused-ring (bicyclic) bond motifs is 1. The maximum atomic E-state index is 5.58. The van der Waals surface area contributed by atoms with Gasteiger partial charge in [-0.2, -0.15) is 0 Å². The number of nitrogens with zero attached hydrogens (tertiary/aromatic N) is 1. The number of aromatic nitrogens is 1. The summed E-state index contributed by atoms with van der Waals surface area (Å²) in [5, 5.41) is 5.98. The molecule has 1 aromatic heterocycles. The van der Waals surface area contributed by atoms with Gasteiger partial charge in [-0.3, -0.25) is 0 Å². The van der Waals surface area contributed by atoms with Crippen LogP contribution in [-0.4, -0.2) is 17.1 Å². The van der Waals surface area contributed by atoms with Gasteiger partial charge in [0.15, 0.2) is 5.58 Å². The molecule has 0 radical (unpaired) electrons. The molecule has 0 aliphatic heterocycles. The van der Waals surface area contributed by atoms with Gasteiger partial charge in [-0.15, -0.1) is 0 Å². The highest BCUT2D eigenvalue weighted by Gasteiger charge is 2.08. The van der Waals surface area contributed by atoms with E-state index in [1.54, 1.807) is 0 Å². The third-order valence-corrected chi connectivity index (χ3v) is 2.72. The van der Waals surface area contributed by atoms with Crippen molar-refractivity contribution in [2.24, 2.45) is 0 Å². The standard InChI is InChI=1S/C12H14BrNO2/c1-2-7-15-9-3-4-12-10(8-9)11(5-6-13)14-16-12/h3-4,8H,2,5-7H2,1H3. The van der Waals surface area contributed by atoms with Crippen molar-refractivity contribution in [2.75, 3.05) is 11.9 Å². The zero-order valence-electron chi connectivity index (χ0n) is 9.20. The summed E-state index contributed by atoms with van der Waals surface area (Å²) in [4.78, 5) is 0. The molecule has 0 aliphatic rings. The summed E-state index contributed by atoms with van der Waals surface area (Å²) >= 11 is 3.40. The van der Waals surface area contributed by atoms with Gasteiger partial charge < -0.3 is 9.26 Å². The average molecular weight is 284 g/mol. The van der Waals surface area contributed by atoms with Gasteiger partial charge in [-0.05, 0) is 24.6 Å². The Morgan fingerprint density at radius 2 is 2.31 bits per heavy atom. The lowest BCUT2D eigenvalue weighted by Crippen LogP contribution is -1.94. The highest BCUT2D eigenvalue weighted by atomic mass is 79.9. The van der Waals surface area contributed by atoms with Crippen molar-refractivity contribution >= 4 is 26.9 Å². The van der Waals surface area contributed by atoms with E-state index in [0.29, 0.717) is 0 Å². The van der Waals surface area contributed by atoms with E-state index >= 15 is 0 Å². The van der Waals surface area contributed by atoms with Crippen LogP contribution in [0.4, 0.5) is 0 Å². The number of benzene rings is 1. The zero-order valence-corrected chi connectivity index (χ0v) is 10.8. The second kappa shape index (κ2) is 5.34. The van der Waals surface area contributed by atoms with Gasteiger partial charge >= 0.3 is 0 Å². The minimum absolute atomic E-state index is 0.741. The number of halogens is 1. The van der Waals surface area contributed by atoms with Gasteiger partial charge in [-0.25, -0.2) is 0 Å². The van der Waals surface area contributed by atoms with Gasteiger partial charge in [0.1, 0.15) is 5.75 Å². The lowest BCUT2D eigenvalue weighted by molar-refractivity contribution is 0.318. The van der Waals surface area contributed by atoms with E-state index in [0.717, 1.165) is 47.2 Å². The van der Waals surface area contributed by atoms with Crippen molar-refractivity contribution < 1.29 is 9.26 Å². The number of hydrogen-bond donors (Lipinski definition) is 0. The number of hydrogen-bond acceptors (Lipinski definition) is 3. The van der Waals surface area contributed by atoms with E-state index in [9.17, 15) is 0 Å². The predicted octanol–water partition coefficient (Wildman–Crippen LogP) is 3.55. The van der Waals surface area contributed by atoms with Gasteiger partial charge in [0.05, 0.1) is 12.3 Å². The number of ether oxygens (including phenoxy) is 1. The largest absolute Gasteiger partial charge is 0.494 e. The first-order valence-corrected chi connectivity index (χ1v) is 6.54. The fourth-order valence-electron chi connectivity index (χ4n) is 1.55. The number of rotatable bonds is 5. The minimum atomic E-state index is 0.741. The van der Waals surface area contributed by atoms with E-state index < -0.39 is 0 Å². The molecule has 0 spiro atoms. The summed E-state index contributed by atoms with van der Waals surface area (Å²) in [6, 6.07) is 5.83. The molecule has 1 aromatic carbocycles. The molecule has 0 amide bonds. The van der Waals surface area contributed by atoms with Crippen LogP contribution in [0.1, 0.15) is 19.0 Å². The van der Waals surface area contributed by atoms with E-state index in [-0.39, 0.29) is 0 Å². The maximum Gasteiger partial charge on any atom is 0.167 e.